The number of anilines is 1. The molecule has 12 heteroatoms. The van der Waals surface area contributed by atoms with Gasteiger partial charge in [-0.1, -0.05) is 36.4 Å². The summed E-state index contributed by atoms with van der Waals surface area (Å²) in [5, 5.41) is 9.98. The molecule has 5 amide bonds. The standard InChI is InChI=1S/C30H30N6O6/c37-25-10-9-24(27(38)33-25)36-28(39)22-7-4-8-23(26(22)29(36)40)31-15-20-16-32-35(17-20)21-11-13-34(14-12-21)30(41)42-18-19-5-2-1-3-6-19/h1-8,16-17,21,24,31H,9-15,18H2,(H,33,37,38). The Kier molecular flexibility index (Phi) is 7.43. The lowest BCUT2D eigenvalue weighted by Crippen LogP contribution is -2.54. The topological polar surface area (TPSA) is 143 Å². The van der Waals surface area contributed by atoms with Gasteiger partial charge in [-0.25, -0.2) is 4.79 Å². The van der Waals surface area contributed by atoms with Gasteiger partial charge in [0.15, 0.2) is 0 Å². The number of hydrogen-bond donors (Lipinski definition) is 2. The van der Waals surface area contributed by atoms with E-state index in [-0.39, 0.29) is 42.7 Å². The summed E-state index contributed by atoms with van der Waals surface area (Å²) in [4.78, 5) is 65.5. The van der Waals surface area contributed by atoms with Crippen LogP contribution in [0.25, 0.3) is 0 Å². The molecule has 1 unspecified atom stereocenters. The summed E-state index contributed by atoms with van der Waals surface area (Å²) >= 11 is 0. The predicted molar refractivity (Wildman–Crippen MR) is 149 cm³/mol. The van der Waals surface area contributed by atoms with Crippen LogP contribution in [0.2, 0.25) is 0 Å². The third kappa shape index (κ3) is 5.35. The second-order valence-electron chi connectivity index (χ2n) is 10.6. The molecule has 3 aromatic rings. The molecule has 0 bridgehead atoms. The number of carbonyl (C=O) groups excluding carboxylic acids is 5. The van der Waals surface area contributed by atoms with E-state index in [1.807, 2.05) is 41.2 Å². The molecule has 0 aliphatic carbocycles. The highest BCUT2D eigenvalue weighted by Gasteiger charge is 2.45. The van der Waals surface area contributed by atoms with Crippen molar-refractivity contribution in [3.05, 3.63) is 83.2 Å². The smallest absolute Gasteiger partial charge is 0.410 e. The highest BCUT2D eigenvalue weighted by Crippen LogP contribution is 2.32. The van der Waals surface area contributed by atoms with E-state index < -0.39 is 29.7 Å². The van der Waals surface area contributed by atoms with E-state index in [0.29, 0.717) is 25.3 Å². The van der Waals surface area contributed by atoms with Crippen LogP contribution in [0.3, 0.4) is 0 Å². The zero-order valence-corrected chi connectivity index (χ0v) is 22.8. The number of aromatic nitrogens is 2. The van der Waals surface area contributed by atoms with E-state index in [1.54, 1.807) is 29.3 Å². The van der Waals surface area contributed by atoms with E-state index in [1.165, 1.54) is 0 Å². The molecule has 1 atom stereocenters. The maximum atomic E-state index is 13.3. The zero-order chi connectivity index (χ0) is 29.2. The van der Waals surface area contributed by atoms with Crippen molar-refractivity contribution in [2.24, 2.45) is 0 Å². The van der Waals surface area contributed by atoms with Gasteiger partial charge in [-0.3, -0.25) is 34.1 Å². The van der Waals surface area contributed by atoms with Gasteiger partial charge >= 0.3 is 6.09 Å². The lowest BCUT2D eigenvalue weighted by molar-refractivity contribution is -0.136. The largest absolute Gasteiger partial charge is 0.445 e. The normalized spacial score (nSPS) is 19.1. The molecule has 1 aromatic heterocycles. The summed E-state index contributed by atoms with van der Waals surface area (Å²) in [7, 11) is 0. The van der Waals surface area contributed by atoms with Crippen molar-refractivity contribution in [1.29, 1.82) is 0 Å². The number of rotatable bonds is 7. The monoisotopic (exact) mass is 570 g/mol. The van der Waals surface area contributed by atoms with Crippen LogP contribution in [-0.4, -0.2) is 68.4 Å². The van der Waals surface area contributed by atoms with Gasteiger partial charge in [-0.2, -0.15) is 5.10 Å². The maximum absolute atomic E-state index is 13.3. The Morgan fingerprint density at radius 1 is 0.952 bits per heavy atom. The van der Waals surface area contributed by atoms with Gasteiger partial charge in [0, 0.05) is 43.5 Å². The van der Waals surface area contributed by atoms with Crippen LogP contribution in [0.15, 0.2) is 60.9 Å². The van der Waals surface area contributed by atoms with Crippen molar-refractivity contribution in [2.75, 3.05) is 18.4 Å². The van der Waals surface area contributed by atoms with Crippen LogP contribution in [0.4, 0.5) is 10.5 Å². The summed E-state index contributed by atoms with van der Waals surface area (Å²) in [6, 6.07) is 13.7. The Balaban J connectivity index is 1.04. The molecule has 42 heavy (non-hydrogen) atoms. The molecule has 3 aliphatic heterocycles. The number of imide groups is 2. The summed E-state index contributed by atoms with van der Waals surface area (Å²) in [5.74, 6) is -2.16. The van der Waals surface area contributed by atoms with E-state index in [4.69, 9.17) is 4.74 Å². The lowest BCUT2D eigenvalue weighted by Gasteiger charge is -2.31. The van der Waals surface area contributed by atoms with Crippen LogP contribution < -0.4 is 10.6 Å². The minimum Gasteiger partial charge on any atom is -0.445 e. The van der Waals surface area contributed by atoms with E-state index >= 15 is 0 Å². The van der Waals surface area contributed by atoms with Crippen molar-refractivity contribution in [1.82, 2.24) is 24.9 Å². The predicted octanol–water partition coefficient (Wildman–Crippen LogP) is 2.87. The second kappa shape index (κ2) is 11.5. The summed E-state index contributed by atoms with van der Waals surface area (Å²) in [6.45, 7) is 1.75. The van der Waals surface area contributed by atoms with Gasteiger partial charge in [0.2, 0.25) is 11.8 Å². The van der Waals surface area contributed by atoms with E-state index in [2.05, 4.69) is 15.7 Å². The molecule has 2 aromatic carbocycles. The summed E-state index contributed by atoms with van der Waals surface area (Å²) < 4.78 is 7.36. The van der Waals surface area contributed by atoms with Crippen molar-refractivity contribution < 1.29 is 28.7 Å². The van der Waals surface area contributed by atoms with Crippen molar-refractivity contribution in [2.45, 2.75) is 50.9 Å². The Labute approximate surface area is 241 Å². The number of hydrogen-bond acceptors (Lipinski definition) is 8. The van der Waals surface area contributed by atoms with Crippen LogP contribution in [0.1, 0.15) is 63.6 Å². The fraction of sp³-hybridized carbons (Fsp3) is 0.333. The summed E-state index contributed by atoms with van der Waals surface area (Å²) in [6.07, 6.45) is 5.03. The average molecular weight is 571 g/mol. The van der Waals surface area contributed by atoms with Crippen LogP contribution in [-0.2, 0) is 27.5 Å². The first-order chi connectivity index (χ1) is 20.4. The molecule has 2 saturated heterocycles. The number of amides is 5. The first-order valence-electron chi connectivity index (χ1n) is 14.0. The van der Waals surface area contributed by atoms with E-state index in [0.717, 1.165) is 28.9 Å². The third-order valence-electron chi connectivity index (χ3n) is 7.91. The number of benzene rings is 2. The fourth-order valence-electron chi connectivity index (χ4n) is 5.65. The van der Waals surface area contributed by atoms with Crippen molar-refractivity contribution in [3.8, 4) is 0 Å². The molecule has 0 spiro atoms. The minimum absolute atomic E-state index is 0.0658. The van der Waals surface area contributed by atoms with Gasteiger partial charge in [0.1, 0.15) is 12.6 Å². The maximum Gasteiger partial charge on any atom is 0.410 e. The molecule has 2 fully saturated rings. The number of fused-ring (bicyclic) bond motifs is 1. The second-order valence-corrected chi connectivity index (χ2v) is 10.6. The zero-order valence-electron chi connectivity index (χ0n) is 22.8. The van der Waals surface area contributed by atoms with E-state index in [9.17, 15) is 24.0 Å². The number of likely N-dealkylation sites (tertiary alicyclic amines) is 1. The first-order valence-corrected chi connectivity index (χ1v) is 14.0. The molecule has 0 radical (unpaired) electrons. The molecule has 4 heterocycles. The average Bonchev–Trinajstić information content (AvgIpc) is 3.58. The quantitative estimate of drug-likeness (QED) is 0.413. The number of carbonyl (C=O) groups is 5. The number of nitrogens with zero attached hydrogens (tertiary/aromatic N) is 4. The molecular weight excluding hydrogens is 540 g/mol. The Morgan fingerprint density at radius 3 is 2.50 bits per heavy atom. The first kappa shape index (κ1) is 27.2. The fourth-order valence-corrected chi connectivity index (χ4v) is 5.65. The third-order valence-corrected chi connectivity index (χ3v) is 7.91. The number of nitrogens with one attached hydrogen (secondary N) is 2. The number of ether oxygens (including phenoxy) is 1. The van der Waals surface area contributed by atoms with Gasteiger partial charge in [-0.05, 0) is 37.0 Å². The van der Waals surface area contributed by atoms with Gasteiger partial charge in [0.25, 0.3) is 11.8 Å². The lowest BCUT2D eigenvalue weighted by atomic mass is 10.0. The van der Waals surface area contributed by atoms with Gasteiger partial charge in [-0.15, -0.1) is 0 Å². The highest BCUT2D eigenvalue weighted by molar-refractivity contribution is 6.25. The Hall–Kier alpha value is -5.00. The molecule has 3 aliphatic rings. The molecule has 6 rings (SSSR count). The van der Waals surface area contributed by atoms with Crippen LogP contribution in [0, 0.1) is 0 Å². The number of piperidine rings is 2. The van der Waals surface area contributed by atoms with Crippen LogP contribution >= 0.6 is 0 Å². The molecular formula is C30H30N6O6. The molecule has 2 N–H and O–H groups in total. The SMILES string of the molecule is O=C1CCC(N2C(=O)c3cccc(NCc4cnn(C5CCN(C(=O)OCc6ccccc6)CC5)c4)c3C2=O)C(=O)N1. The van der Waals surface area contributed by atoms with Gasteiger partial charge in [0.05, 0.1) is 23.4 Å². The summed E-state index contributed by atoms with van der Waals surface area (Å²) in [5.41, 5.74) is 2.75. The van der Waals surface area contributed by atoms with Crippen molar-refractivity contribution >= 4 is 35.4 Å². The Morgan fingerprint density at radius 2 is 1.74 bits per heavy atom. The molecule has 216 valence electrons. The Bertz CT molecular complexity index is 1540. The molecule has 12 nitrogen and oxygen atoms in total. The molecule has 0 saturated carbocycles. The van der Waals surface area contributed by atoms with Crippen molar-refractivity contribution in [3.63, 3.8) is 0 Å². The van der Waals surface area contributed by atoms with Gasteiger partial charge < -0.3 is 15.0 Å². The highest BCUT2D eigenvalue weighted by atomic mass is 16.6. The minimum atomic E-state index is -1.02. The van der Waals surface area contributed by atoms with Crippen LogP contribution in [0.5, 0.6) is 0 Å².